The minimum Gasteiger partial charge on any atom is -0.497 e. The zero-order chi connectivity index (χ0) is 23.5. The van der Waals surface area contributed by atoms with E-state index in [0.29, 0.717) is 0 Å². The van der Waals surface area contributed by atoms with E-state index in [1.165, 1.54) is 37.8 Å². The first-order chi connectivity index (χ1) is 16.6. The van der Waals surface area contributed by atoms with E-state index in [-0.39, 0.29) is 29.6 Å². The van der Waals surface area contributed by atoms with Crippen LogP contribution in [0.3, 0.4) is 0 Å². The van der Waals surface area contributed by atoms with Crippen molar-refractivity contribution < 1.29 is 13.9 Å². The Morgan fingerprint density at radius 3 is 2.26 bits per heavy atom. The molecule has 0 aromatic heterocycles. The van der Waals surface area contributed by atoms with Gasteiger partial charge >= 0.3 is 0 Å². The van der Waals surface area contributed by atoms with Gasteiger partial charge in [-0.25, -0.2) is 4.39 Å². The number of hydrogen-bond acceptors (Lipinski definition) is 4. The quantitative estimate of drug-likeness (QED) is 0.477. The summed E-state index contributed by atoms with van der Waals surface area (Å²) in [4.78, 5) is 14.1. The molecule has 34 heavy (non-hydrogen) atoms. The van der Waals surface area contributed by atoms with Gasteiger partial charge in [0.2, 0.25) is 5.91 Å². The van der Waals surface area contributed by atoms with E-state index in [0.717, 1.165) is 61.2 Å². The van der Waals surface area contributed by atoms with Crippen molar-refractivity contribution in [2.45, 2.75) is 75.9 Å². The highest BCUT2D eigenvalue weighted by Gasteiger charge is 2.52. The third kappa shape index (κ3) is 4.47. The smallest absolute Gasteiger partial charge is 0.228 e. The highest BCUT2D eigenvalue weighted by Crippen LogP contribution is 2.49. The Morgan fingerprint density at radius 1 is 0.941 bits per heavy atom. The lowest BCUT2D eigenvalue weighted by molar-refractivity contribution is -0.130. The normalized spacial score (nSPS) is 23.9. The molecule has 1 amide bonds. The molecule has 2 aromatic carbocycles. The number of ether oxygens (including phenoxy) is 1. The highest BCUT2D eigenvalue weighted by atomic mass is 19.1. The average molecular weight is 466 g/mol. The van der Waals surface area contributed by atoms with Crippen molar-refractivity contribution in [2.24, 2.45) is 11.8 Å². The zero-order valence-corrected chi connectivity index (χ0v) is 20.0. The van der Waals surface area contributed by atoms with E-state index in [4.69, 9.17) is 4.74 Å². The summed E-state index contributed by atoms with van der Waals surface area (Å²) in [6.45, 7) is 0. The number of methoxy groups -OCH3 is 1. The van der Waals surface area contributed by atoms with Crippen LogP contribution in [0.2, 0.25) is 0 Å². The molecule has 5 nitrogen and oxygen atoms in total. The van der Waals surface area contributed by atoms with Crippen molar-refractivity contribution in [1.82, 2.24) is 5.32 Å². The molecule has 0 radical (unpaired) electrons. The number of carbonyl (C=O) groups excluding carboxylic acids is 1. The van der Waals surface area contributed by atoms with Crippen LogP contribution in [0.25, 0.3) is 0 Å². The summed E-state index contributed by atoms with van der Waals surface area (Å²) >= 11 is 0. The molecule has 2 unspecified atom stereocenters. The van der Waals surface area contributed by atoms with E-state index in [1.54, 1.807) is 7.11 Å². The van der Waals surface area contributed by atoms with Crippen LogP contribution in [0, 0.1) is 17.7 Å². The molecule has 182 valence electrons. The molecule has 5 rings (SSSR count). The van der Waals surface area contributed by atoms with Gasteiger partial charge in [-0.05, 0) is 61.4 Å². The maximum absolute atomic E-state index is 14.1. The molecular formula is C28H36FN3O2. The number of amides is 1. The van der Waals surface area contributed by atoms with Crippen molar-refractivity contribution in [1.29, 1.82) is 0 Å². The van der Waals surface area contributed by atoms with Crippen molar-refractivity contribution >= 4 is 17.3 Å². The number of benzene rings is 2. The SMILES string of the molecule is COc1ccc2c(c1)NC(c1ccc(F)cc1)(C(C(=O)NC1CCCCC1)C1CCCCC1)N2. The molecule has 3 aliphatic rings. The molecule has 1 heterocycles. The zero-order valence-electron chi connectivity index (χ0n) is 20.0. The molecule has 2 aromatic rings. The van der Waals surface area contributed by atoms with Crippen LogP contribution in [0.5, 0.6) is 5.75 Å². The second-order valence-corrected chi connectivity index (χ2v) is 10.2. The molecular weight excluding hydrogens is 429 g/mol. The van der Waals surface area contributed by atoms with Gasteiger partial charge in [-0.15, -0.1) is 0 Å². The summed E-state index contributed by atoms with van der Waals surface area (Å²) < 4.78 is 19.4. The van der Waals surface area contributed by atoms with Crippen LogP contribution in [0.1, 0.15) is 69.8 Å². The first-order valence-electron chi connectivity index (χ1n) is 12.9. The van der Waals surface area contributed by atoms with Gasteiger partial charge in [0, 0.05) is 12.1 Å². The lowest BCUT2D eigenvalue weighted by atomic mass is 9.71. The maximum atomic E-state index is 14.1. The van der Waals surface area contributed by atoms with E-state index in [2.05, 4.69) is 16.0 Å². The molecule has 0 bridgehead atoms. The third-order valence-electron chi connectivity index (χ3n) is 8.01. The minimum absolute atomic E-state index is 0.0999. The number of carbonyl (C=O) groups is 1. The predicted molar refractivity (Wildman–Crippen MR) is 133 cm³/mol. The Morgan fingerprint density at radius 2 is 1.59 bits per heavy atom. The van der Waals surface area contributed by atoms with Crippen molar-refractivity contribution in [3.05, 3.63) is 53.8 Å². The Balaban J connectivity index is 1.56. The van der Waals surface area contributed by atoms with Gasteiger partial charge in [-0.2, -0.15) is 0 Å². The standard InChI is InChI=1S/C28H36FN3O2/c1-34-23-16-17-24-25(18-23)32-28(31-24,20-12-14-21(29)15-13-20)26(19-8-4-2-5-9-19)27(33)30-22-10-6-3-7-11-22/h12-19,22,26,31-32H,2-11H2,1H3,(H,30,33). The number of halogens is 1. The van der Waals surface area contributed by atoms with Crippen molar-refractivity contribution in [2.75, 3.05) is 17.7 Å². The molecule has 2 atom stereocenters. The minimum atomic E-state index is -0.858. The van der Waals surface area contributed by atoms with Gasteiger partial charge < -0.3 is 20.7 Å². The fraction of sp³-hybridized carbons (Fsp3) is 0.536. The van der Waals surface area contributed by atoms with E-state index >= 15 is 0 Å². The monoisotopic (exact) mass is 465 g/mol. The summed E-state index contributed by atoms with van der Waals surface area (Å²) in [5.74, 6) is 0.473. The molecule has 2 fully saturated rings. The van der Waals surface area contributed by atoms with Crippen LogP contribution in [0.15, 0.2) is 42.5 Å². The summed E-state index contributed by atoms with van der Waals surface area (Å²) in [6.07, 6.45) is 11.2. The van der Waals surface area contributed by atoms with Gasteiger partial charge in [0.05, 0.1) is 24.4 Å². The van der Waals surface area contributed by atoms with Crippen LogP contribution in [0.4, 0.5) is 15.8 Å². The number of rotatable bonds is 6. The Labute approximate surface area is 201 Å². The van der Waals surface area contributed by atoms with Crippen molar-refractivity contribution in [3.63, 3.8) is 0 Å². The predicted octanol–water partition coefficient (Wildman–Crippen LogP) is 6.17. The first-order valence-corrected chi connectivity index (χ1v) is 12.9. The first kappa shape index (κ1) is 23.0. The highest BCUT2D eigenvalue weighted by molar-refractivity contribution is 5.87. The van der Waals surface area contributed by atoms with Crippen LogP contribution in [-0.4, -0.2) is 19.1 Å². The number of fused-ring (bicyclic) bond motifs is 1. The fourth-order valence-electron chi connectivity index (χ4n) is 6.28. The summed E-state index contributed by atoms with van der Waals surface area (Å²) in [6, 6.07) is 12.7. The van der Waals surface area contributed by atoms with Gasteiger partial charge in [0.15, 0.2) is 0 Å². The van der Waals surface area contributed by atoms with Crippen molar-refractivity contribution in [3.8, 4) is 5.75 Å². The second-order valence-electron chi connectivity index (χ2n) is 10.2. The maximum Gasteiger partial charge on any atom is 0.228 e. The Hall–Kier alpha value is -2.76. The molecule has 2 aliphatic carbocycles. The van der Waals surface area contributed by atoms with Gasteiger partial charge in [0.1, 0.15) is 17.2 Å². The summed E-state index contributed by atoms with van der Waals surface area (Å²) in [7, 11) is 1.65. The Kier molecular flexibility index (Phi) is 6.66. The van der Waals surface area contributed by atoms with Gasteiger partial charge in [-0.1, -0.05) is 50.7 Å². The topological polar surface area (TPSA) is 62.4 Å². The second kappa shape index (κ2) is 9.85. The molecule has 0 saturated heterocycles. The largest absolute Gasteiger partial charge is 0.497 e. The lowest BCUT2D eigenvalue weighted by Crippen LogP contribution is -2.56. The molecule has 1 aliphatic heterocycles. The van der Waals surface area contributed by atoms with Crippen LogP contribution >= 0.6 is 0 Å². The summed E-state index contributed by atoms with van der Waals surface area (Å²) in [5, 5.41) is 10.8. The average Bonchev–Trinajstić information content (AvgIpc) is 3.25. The molecule has 0 spiro atoms. The van der Waals surface area contributed by atoms with Crippen LogP contribution < -0.4 is 20.7 Å². The van der Waals surface area contributed by atoms with E-state index < -0.39 is 5.66 Å². The fourth-order valence-corrected chi connectivity index (χ4v) is 6.28. The molecule has 6 heteroatoms. The Bertz CT molecular complexity index is 999. The lowest BCUT2D eigenvalue weighted by Gasteiger charge is -2.44. The number of nitrogens with one attached hydrogen (secondary N) is 3. The third-order valence-corrected chi connectivity index (χ3v) is 8.01. The van der Waals surface area contributed by atoms with E-state index in [1.807, 2.05) is 30.3 Å². The van der Waals surface area contributed by atoms with Gasteiger partial charge in [0.25, 0.3) is 0 Å². The molecule has 2 saturated carbocycles. The summed E-state index contributed by atoms with van der Waals surface area (Å²) in [5.41, 5.74) is 1.84. The number of hydrogen-bond donors (Lipinski definition) is 3. The van der Waals surface area contributed by atoms with E-state index in [9.17, 15) is 9.18 Å². The van der Waals surface area contributed by atoms with Gasteiger partial charge in [-0.3, -0.25) is 4.79 Å². The number of anilines is 2. The van der Waals surface area contributed by atoms with Crippen LogP contribution in [-0.2, 0) is 10.5 Å². The molecule has 3 N–H and O–H groups in total.